The highest BCUT2D eigenvalue weighted by atomic mass is 32.1. The Kier molecular flexibility index (Phi) is 4.44. The fourth-order valence-electron chi connectivity index (χ4n) is 2.22. The third-order valence-electron chi connectivity index (χ3n) is 3.37. The Hall–Kier alpha value is -2.27. The maximum atomic E-state index is 12.0. The zero-order chi connectivity index (χ0) is 15.4. The molecule has 5 heteroatoms. The van der Waals surface area contributed by atoms with E-state index >= 15 is 0 Å². The van der Waals surface area contributed by atoms with Gasteiger partial charge in [0.05, 0.1) is 6.04 Å². The normalized spacial score (nSPS) is 14.8. The second-order valence-electron chi connectivity index (χ2n) is 4.98. The first kappa shape index (κ1) is 14.7. The van der Waals surface area contributed by atoms with Crippen LogP contribution >= 0.6 is 11.3 Å². The molecule has 114 valence electrons. The van der Waals surface area contributed by atoms with Gasteiger partial charge in [0, 0.05) is 11.0 Å². The van der Waals surface area contributed by atoms with Gasteiger partial charge < -0.3 is 14.8 Å². The molecule has 2 heterocycles. The summed E-state index contributed by atoms with van der Waals surface area (Å²) in [4.78, 5) is 13.0. The van der Waals surface area contributed by atoms with Crippen LogP contribution in [-0.4, -0.2) is 19.1 Å². The van der Waals surface area contributed by atoms with Crippen molar-refractivity contribution in [1.82, 2.24) is 5.32 Å². The Morgan fingerprint density at radius 2 is 2.09 bits per heavy atom. The van der Waals surface area contributed by atoms with Crippen molar-refractivity contribution in [3.63, 3.8) is 0 Å². The molecule has 1 aromatic carbocycles. The summed E-state index contributed by atoms with van der Waals surface area (Å²) < 4.78 is 11.1. The minimum atomic E-state index is -0.115. The molecule has 0 spiro atoms. The fourth-order valence-corrected chi connectivity index (χ4v) is 2.84. The van der Waals surface area contributed by atoms with E-state index in [4.69, 9.17) is 9.47 Å². The van der Waals surface area contributed by atoms with Gasteiger partial charge in [-0.3, -0.25) is 4.79 Å². The number of benzene rings is 1. The zero-order valence-corrected chi connectivity index (χ0v) is 13.1. The van der Waals surface area contributed by atoms with Crippen molar-refractivity contribution in [1.29, 1.82) is 0 Å². The molecule has 1 aliphatic heterocycles. The largest absolute Gasteiger partial charge is 0.486 e. The van der Waals surface area contributed by atoms with Gasteiger partial charge in [-0.05, 0) is 42.1 Å². The van der Waals surface area contributed by atoms with Crippen molar-refractivity contribution in [2.24, 2.45) is 0 Å². The molecule has 1 unspecified atom stereocenters. The number of hydrogen-bond donors (Lipinski definition) is 1. The average molecular weight is 315 g/mol. The van der Waals surface area contributed by atoms with E-state index in [1.165, 1.54) is 0 Å². The highest BCUT2D eigenvalue weighted by Crippen LogP contribution is 2.32. The van der Waals surface area contributed by atoms with Crippen LogP contribution in [0.25, 0.3) is 6.08 Å². The second-order valence-corrected chi connectivity index (χ2v) is 5.96. The average Bonchev–Trinajstić information content (AvgIpc) is 3.06. The predicted octanol–water partition coefficient (Wildman–Crippen LogP) is 3.41. The molecule has 22 heavy (non-hydrogen) atoms. The minimum Gasteiger partial charge on any atom is -0.486 e. The summed E-state index contributed by atoms with van der Waals surface area (Å²) in [6, 6.07) is 9.58. The maximum Gasteiger partial charge on any atom is 0.244 e. The summed E-state index contributed by atoms with van der Waals surface area (Å²) in [5.41, 5.74) is 0.988. The van der Waals surface area contributed by atoms with Crippen LogP contribution < -0.4 is 14.8 Å². The molecule has 4 nitrogen and oxygen atoms in total. The minimum absolute atomic E-state index is 0.101. The van der Waals surface area contributed by atoms with Gasteiger partial charge >= 0.3 is 0 Å². The highest BCUT2D eigenvalue weighted by molar-refractivity contribution is 7.10. The van der Waals surface area contributed by atoms with Gasteiger partial charge in [-0.1, -0.05) is 12.1 Å². The number of thiophene rings is 1. The summed E-state index contributed by atoms with van der Waals surface area (Å²) in [6.45, 7) is 3.08. The molecule has 0 fully saturated rings. The van der Waals surface area contributed by atoms with Gasteiger partial charge in [0.15, 0.2) is 11.5 Å². The van der Waals surface area contributed by atoms with E-state index in [-0.39, 0.29) is 11.9 Å². The van der Waals surface area contributed by atoms with Crippen LogP contribution in [0.3, 0.4) is 0 Å². The maximum absolute atomic E-state index is 12.0. The Labute approximate surface area is 133 Å². The van der Waals surface area contributed by atoms with Crippen LogP contribution in [0.5, 0.6) is 11.5 Å². The first-order valence-electron chi connectivity index (χ1n) is 7.14. The zero-order valence-electron chi connectivity index (χ0n) is 12.2. The van der Waals surface area contributed by atoms with Gasteiger partial charge in [-0.15, -0.1) is 11.3 Å². The number of nitrogens with one attached hydrogen (secondary N) is 1. The van der Waals surface area contributed by atoms with E-state index in [2.05, 4.69) is 5.32 Å². The lowest BCUT2D eigenvalue weighted by Crippen LogP contribution is -2.25. The van der Waals surface area contributed by atoms with Gasteiger partial charge in [-0.2, -0.15) is 0 Å². The number of amides is 1. The number of rotatable bonds is 4. The summed E-state index contributed by atoms with van der Waals surface area (Å²) in [7, 11) is 0. The first-order valence-corrected chi connectivity index (χ1v) is 8.02. The van der Waals surface area contributed by atoms with Crippen LogP contribution in [0.4, 0.5) is 0 Å². The quantitative estimate of drug-likeness (QED) is 0.880. The first-order chi connectivity index (χ1) is 10.7. The Morgan fingerprint density at radius 1 is 1.27 bits per heavy atom. The third-order valence-corrected chi connectivity index (χ3v) is 4.20. The van der Waals surface area contributed by atoms with E-state index in [0.29, 0.717) is 13.2 Å². The van der Waals surface area contributed by atoms with E-state index in [9.17, 15) is 4.79 Å². The molecule has 3 rings (SSSR count). The van der Waals surface area contributed by atoms with Crippen molar-refractivity contribution in [2.75, 3.05) is 13.2 Å². The van der Waals surface area contributed by atoms with E-state index in [0.717, 1.165) is 21.9 Å². The van der Waals surface area contributed by atoms with Crippen LogP contribution in [0.2, 0.25) is 0 Å². The Balaban J connectivity index is 1.64. The number of carbonyl (C=O) groups excluding carboxylic acids is 1. The molecule has 1 N–H and O–H groups in total. The van der Waals surface area contributed by atoms with Crippen LogP contribution in [0.1, 0.15) is 23.4 Å². The molecule has 1 amide bonds. The number of hydrogen-bond acceptors (Lipinski definition) is 4. The third kappa shape index (κ3) is 3.49. The summed E-state index contributed by atoms with van der Waals surface area (Å²) >= 11 is 1.60. The van der Waals surface area contributed by atoms with E-state index < -0.39 is 0 Å². The standard InChI is InChI=1S/C17H17NO3S/c1-12(18-17(19)7-5-14-3-2-10-22-14)13-4-6-15-16(11-13)21-9-8-20-15/h2-7,10-12H,8-9H2,1H3,(H,18,19)/b7-5+. The van der Waals surface area contributed by atoms with Gasteiger partial charge in [0.2, 0.25) is 5.91 Å². The number of ether oxygens (including phenoxy) is 2. The predicted molar refractivity (Wildman–Crippen MR) is 87.3 cm³/mol. The van der Waals surface area contributed by atoms with Crippen molar-refractivity contribution in [2.45, 2.75) is 13.0 Å². The van der Waals surface area contributed by atoms with E-state index in [1.807, 2.05) is 48.7 Å². The van der Waals surface area contributed by atoms with Gasteiger partial charge in [0.1, 0.15) is 13.2 Å². The van der Waals surface area contributed by atoms with Crippen LogP contribution in [-0.2, 0) is 4.79 Å². The molecule has 0 saturated heterocycles. The summed E-state index contributed by atoms with van der Waals surface area (Å²) in [5.74, 6) is 1.38. The Morgan fingerprint density at radius 3 is 2.86 bits per heavy atom. The molecule has 0 bridgehead atoms. The summed E-state index contributed by atoms with van der Waals surface area (Å²) in [6.07, 6.45) is 3.37. The molecular weight excluding hydrogens is 298 g/mol. The van der Waals surface area contributed by atoms with Crippen molar-refractivity contribution < 1.29 is 14.3 Å². The molecule has 0 saturated carbocycles. The molecule has 1 aliphatic rings. The lowest BCUT2D eigenvalue weighted by atomic mass is 10.1. The monoisotopic (exact) mass is 315 g/mol. The molecule has 1 atom stereocenters. The van der Waals surface area contributed by atoms with Gasteiger partial charge in [0.25, 0.3) is 0 Å². The highest BCUT2D eigenvalue weighted by Gasteiger charge is 2.15. The lowest BCUT2D eigenvalue weighted by Gasteiger charge is -2.20. The molecule has 0 radical (unpaired) electrons. The molecule has 1 aromatic heterocycles. The van der Waals surface area contributed by atoms with Crippen molar-refractivity contribution >= 4 is 23.3 Å². The summed E-state index contributed by atoms with van der Waals surface area (Å²) in [5, 5.41) is 4.93. The Bertz CT molecular complexity index is 679. The SMILES string of the molecule is CC(NC(=O)/C=C/c1cccs1)c1ccc2c(c1)OCCO2. The van der Waals surface area contributed by atoms with Crippen molar-refractivity contribution in [3.8, 4) is 11.5 Å². The lowest BCUT2D eigenvalue weighted by molar-refractivity contribution is -0.117. The molecular formula is C17H17NO3S. The molecule has 2 aromatic rings. The van der Waals surface area contributed by atoms with E-state index in [1.54, 1.807) is 17.4 Å². The number of fused-ring (bicyclic) bond motifs is 1. The van der Waals surface area contributed by atoms with Gasteiger partial charge in [-0.25, -0.2) is 0 Å². The van der Waals surface area contributed by atoms with Crippen molar-refractivity contribution in [3.05, 3.63) is 52.2 Å². The fraction of sp³-hybridized carbons (Fsp3) is 0.235. The molecule has 0 aliphatic carbocycles. The smallest absolute Gasteiger partial charge is 0.244 e. The topological polar surface area (TPSA) is 47.6 Å². The van der Waals surface area contributed by atoms with Crippen LogP contribution in [0, 0.1) is 0 Å². The van der Waals surface area contributed by atoms with Crippen LogP contribution in [0.15, 0.2) is 41.8 Å². The second kappa shape index (κ2) is 6.66. The number of carbonyl (C=O) groups is 1.